The van der Waals surface area contributed by atoms with Crippen LogP contribution in [0.25, 0.3) is 0 Å². The van der Waals surface area contributed by atoms with E-state index in [1.165, 1.54) is 5.56 Å². The minimum Gasteiger partial charge on any atom is -0.388 e. The third-order valence-corrected chi connectivity index (χ3v) is 3.52. The van der Waals surface area contributed by atoms with Gasteiger partial charge in [0, 0.05) is 37.4 Å². The highest BCUT2D eigenvalue weighted by Crippen LogP contribution is 2.30. The fourth-order valence-electron chi connectivity index (χ4n) is 2.53. The molecule has 0 amide bonds. The van der Waals surface area contributed by atoms with Gasteiger partial charge in [0.1, 0.15) is 5.82 Å². The van der Waals surface area contributed by atoms with Crippen LogP contribution in [-0.2, 0) is 20.0 Å². The molecule has 2 aromatic rings. The molecule has 17 heavy (non-hydrogen) atoms. The molecule has 1 atom stereocenters. The Morgan fingerprint density at radius 1 is 1.47 bits per heavy atom. The molecule has 4 heteroatoms. The van der Waals surface area contributed by atoms with E-state index < -0.39 is 0 Å². The van der Waals surface area contributed by atoms with Gasteiger partial charge in [0.05, 0.1) is 12.6 Å². The maximum Gasteiger partial charge on any atom is 0.128 e. The lowest BCUT2D eigenvalue weighted by Gasteiger charge is -2.16. The molecule has 1 aliphatic rings. The predicted molar refractivity (Wildman–Crippen MR) is 64.6 cm³/mol. The quantitative estimate of drug-likeness (QED) is 0.853. The molecular formula is C13H17N3O. The second kappa shape index (κ2) is 4.04. The lowest BCUT2D eigenvalue weighted by atomic mass is 9.93. The highest BCUT2D eigenvalue weighted by Gasteiger charge is 2.19. The van der Waals surface area contributed by atoms with Crippen molar-refractivity contribution in [2.24, 2.45) is 7.05 Å². The summed E-state index contributed by atoms with van der Waals surface area (Å²) in [7, 11) is 2.00. The standard InChI is InChI=1S/C13H17N3O/c1-15-6-5-14-13(15)9-16-7-10-3-2-4-12(17)11(10)8-16/h5-8,12,17H,2-4,9H2,1H3. The van der Waals surface area contributed by atoms with Crippen LogP contribution in [0.4, 0.5) is 0 Å². The number of rotatable bonds is 2. The third-order valence-electron chi connectivity index (χ3n) is 3.52. The molecule has 3 rings (SSSR count). The van der Waals surface area contributed by atoms with Crippen LogP contribution < -0.4 is 0 Å². The largest absolute Gasteiger partial charge is 0.388 e. The summed E-state index contributed by atoms with van der Waals surface area (Å²) in [4.78, 5) is 4.32. The number of hydrogen-bond donors (Lipinski definition) is 1. The van der Waals surface area contributed by atoms with Crippen LogP contribution in [0.1, 0.15) is 35.9 Å². The van der Waals surface area contributed by atoms with Crippen LogP contribution >= 0.6 is 0 Å². The first-order valence-corrected chi connectivity index (χ1v) is 6.07. The molecule has 2 aromatic heterocycles. The van der Waals surface area contributed by atoms with Gasteiger partial charge in [0.15, 0.2) is 0 Å². The summed E-state index contributed by atoms with van der Waals surface area (Å²) < 4.78 is 4.15. The molecule has 0 saturated heterocycles. The van der Waals surface area contributed by atoms with Crippen molar-refractivity contribution in [1.82, 2.24) is 14.1 Å². The molecule has 1 N–H and O–H groups in total. The van der Waals surface area contributed by atoms with Gasteiger partial charge in [-0.15, -0.1) is 0 Å². The van der Waals surface area contributed by atoms with Gasteiger partial charge < -0.3 is 14.2 Å². The fraction of sp³-hybridized carbons (Fsp3) is 0.462. The number of imidazole rings is 1. The Hall–Kier alpha value is -1.55. The Morgan fingerprint density at radius 2 is 2.35 bits per heavy atom. The van der Waals surface area contributed by atoms with Crippen molar-refractivity contribution in [3.63, 3.8) is 0 Å². The summed E-state index contributed by atoms with van der Waals surface area (Å²) in [6, 6.07) is 0. The normalized spacial score (nSPS) is 19.3. The molecule has 2 heterocycles. The molecule has 1 aliphatic carbocycles. The first-order valence-electron chi connectivity index (χ1n) is 6.07. The van der Waals surface area contributed by atoms with Crippen LogP contribution in [0.15, 0.2) is 24.8 Å². The maximum absolute atomic E-state index is 9.92. The Morgan fingerprint density at radius 3 is 3.06 bits per heavy atom. The second-order valence-electron chi connectivity index (χ2n) is 4.77. The first kappa shape index (κ1) is 10.6. The van der Waals surface area contributed by atoms with E-state index in [4.69, 9.17) is 0 Å². The van der Waals surface area contributed by atoms with Gasteiger partial charge in [-0.3, -0.25) is 0 Å². The lowest BCUT2D eigenvalue weighted by molar-refractivity contribution is 0.157. The van der Waals surface area contributed by atoms with Crippen LogP contribution in [-0.4, -0.2) is 19.2 Å². The van der Waals surface area contributed by atoms with Gasteiger partial charge in [-0.1, -0.05) is 0 Å². The highest BCUT2D eigenvalue weighted by atomic mass is 16.3. The van der Waals surface area contributed by atoms with E-state index in [1.807, 2.05) is 24.0 Å². The lowest BCUT2D eigenvalue weighted by Crippen LogP contribution is -2.05. The van der Waals surface area contributed by atoms with Gasteiger partial charge >= 0.3 is 0 Å². The Kier molecular flexibility index (Phi) is 2.52. The van der Waals surface area contributed by atoms with E-state index in [-0.39, 0.29) is 6.10 Å². The van der Waals surface area contributed by atoms with E-state index in [1.54, 1.807) is 0 Å². The van der Waals surface area contributed by atoms with Crippen molar-refractivity contribution >= 4 is 0 Å². The molecule has 0 saturated carbocycles. The highest BCUT2D eigenvalue weighted by molar-refractivity contribution is 5.29. The zero-order chi connectivity index (χ0) is 11.8. The van der Waals surface area contributed by atoms with Gasteiger partial charge in [0.2, 0.25) is 0 Å². The summed E-state index contributed by atoms with van der Waals surface area (Å²) in [6.45, 7) is 0.767. The van der Waals surface area contributed by atoms with Gasteiger partial charge in [-0.2, -0.15) is 0 Å². The van der Waals surface area contributed by atoms with Gasteiger partial charge in [-0.25, -0.2) is 4.98 Å². The van der Waals surface area contributed by atoms with Crippen LogP contribution in [0.2, 0.25) is 0 Å². The van der Waals surface area contributed by atoms with E-state index in [2.05, 4.69) is 21.9 Å². The SMILES string of the molecule is Cn1ccnc1Cn1cc2c(c1)C(O)CCC2. The molecular weight excluding hydrogens is 214 g/mol. The molecule has 0 bridgehead atoms. The van der Waals surface area contributed by atoms with Gasteiger partial charge in [0.25, 0.3) is 0 Å². The topological polar surface area (TPSA) is 43.0 Å². The monoisotopic (exact) mass is 231 g/mol. The van der Waals surface area contributed by atoms with Crippen molar-refractivity contribution in [2.45, 2.75) is 31.9 Å². The van der Waals surface area contributed by atoms with Crippen LogP contribution in [0.3, 0.4) is 0 Å². The van der Waals surface area contributed by atoms with Crippen molar-refractivity contribution < 1.29 is 5.11 Å². The number of hydrogen-bond acceptors (Lipinski definition) is 2. The summed E-state index contributed by atoms with van der Waals surface area (Å²) in [5.74, 6) is 1.03. The zero-order valence-electron chi connectivity index (χ0n) is 10.0. The number of nitrogens with zero attached hydrogens (tertiary/aromatic N) is 3. The second-order valence-corrected chi connectivity index (χ2v) is 4.77. The molecule has 0 aromatic carbocycles. The molecule has 0 radical (unpaired) electrons. The predicted octanol–water partition coefficient (Wildman–Crippen LogP) is 1.64. The Bertz CT molecular complexity index is 527. The van der Waals surface area contributed by atoms with E-state index in [0.717, 1.165) is 37.2 Å². The number of aliphatic hydroxyl groups excluding tert-OH is 1. The summed E-state index contributed by atoms with van der Waals surface area (Å²) in [5, 5.41) is 9.92. The minimum atomic E-state index is -0.277. The van der Waals surface area contributed by atoms with Crippen molar-refractivity contribution in [1.29, 1.82) is 0 Å². The first-order chi connectivity index (χ1) is 8.24. The van der Waals surface area contributed by atoms with Crippen LogP contribution in [0.5, 0.6) is 0 Å². The average Bonchev–Trinajstić information content (AvgIpc) is 2.87. The van der Waals surface area contributed by atoms with E-state index >= 15 is 0 Å². The smallest absolute Gasteiger partial charge is 0.128 e. The van der Waals surface area contributed by atoms with Gasteiger partial charge in [-0.05, 0) is 24.8 Å². The van der Waals surface area contributed by atoms with E-state index in [9.17, 15) is 5.11 Å². The van der Waals surface area contributed by atoms with Crippen molar-refractivity contribution in [3.8, 4) is 0 Å². The molecule has 0 aliphatic heterocycles. The van der Waals surface area contributed by atoms with Crippen molar-refractivity contribution in [2.75, 3.05) is 0 Å². The number of aryl methyl sites for hydroxylation is 2. The van der Waals surface area contributed by atoms with E-state index in [0.29, 0.717) is 0 Å². The number of aliphatic hydroxyl groups is 1. The number of aromatic nitrogens is 3. The average molecular weight is 231 g/mol. The number of fused-ring (bicyclic) bond motifs is 1. The molecule has 0 spiro atoms. The molecule has 0 fully saturated rings. The molecule has 1 unspecified atom stereocenters. The third kappa shape index (κ3) is 1.89. The molecule has 90 valence electrons. The summed E-state index contributed by atoms with van der Waals surface area (Å²) in [6.07, 6.45) is 10.8. The molecule has 4 nitrogen and oxygen atoms in total. The Labute approximate surface area is 101 Å². The fourth-order valence-corrected chi connectivity index (χ4v) is 2.53. The minimum absolute atomic E-state index is 0.277. The summed E-state index contributed by atoms with van der Waals surface area (Å²) in [5.41, 5.74) is 2.39. The maximum atomic E-state index is 9.92. The van der Waals surface area contributed by atoms with Crippen LogP contribution in [0, 0.1) is 0 Å². The Balaban J connectivity index is 1.88. The van der Waals surface area contributed by atoms with Crippen molar-refractivity contribution in [3.05, 3.63) is 41.7 Å². The summed E-state index contributed by atoms with van der Waals surface area (Å²) >= 11 is 0. The zero-order valence-corrected chi connectivity index (χ0v) is 10.0.